The quantitative estimate of drug-likeness (QED) is 0.441. The van der Waals surface area contributed by atoms with Gasteiger partial charge in [0.25, 0.3) is 0 Å². The van der Waals surface area contributed by atoms with E-state index < -0.39 is 11.6 Å². The van der Waals surface area contributed by atoms with E-state index in [1.165, 1.54) is 12.4 Å². The zero-order chi connectivity index (χ0) is 23.8. The van der Waals surface area contributed by atoms with E-state index in [1.807, 2.05) is 11.6 Å². The SMILES string of the molecule is C[C@H]1CC[C@@H](n2nc(-c3ccc(Oc4ccc(F)cc4F)cc3)c3c(N)ncnc32)CN1C#N. The number of anilines is 1. The molecule has 172 valence electrons. The van der Waals surface area contributed by atoms with Gasteiger partial charge in [0.15, 0.2) is 23.4 Å². The normalized spacial score (nSPS) is 18.1. The number of likely N-dealkylation sites (tertiary alicyclic amines) is 1. The first-order chi connectivity index (χ1) is 16.4. The second kappa shape index (κ2) is 8.59. The number of rotatable bonds is 4. The zero-order valence-corrected chi connectivity index (χ0v) is 18.3. The maximum Gasteiger partial charge on any atom is 0.179 e. The lowest BCUT2D eigenvalue weighted by molar-refractivity contribution is 0.179. The van der Waals surface area contributed by atoms with Crippen molar-refractivity contribution in [2.45, 2.75) is 31.8 Å². The van der Waals surface area contributed by atoms with Gasteiger partial charge in [-0.2, -0.15) is 10.4 Å². The fraction of sp³-hybridized carbons (Fsp3) is 0.250. The zero-order valence-electron chi connectivity index (χ0n) is 18.3. The molecule has 2 aromatic carbocycles. The molecule has 2 N–H and O–H groups in total. The first kappa shape index (κ1) is 21.6. The average molecular weight is 461 g/mol. The van der Waals surface area contributed by atoms with E-state index in [2.05, 4.69) is 16.2 Å². The van der Waals surface area contributed by atoms with Gasteiger partial charge in [-0.05, 0) is 56.2 Å². The summed E-state index contributed by atoms with van der Waals surface area (Å²) in [6.07, 6.45) is 5.38. The molecule has 1 aliphatic rings. The van der Waals surface area contributed by atoms with Crippen molar-refractivity contribution in [1.29, 1.82) is 5.26 Å². The fourth-order valence-corrected chi connectivity index (χ4v) is 4.24. The molecule has 0 bridgehead atoms. The Balaban J connectivity index is 1.50. The van der Waals surface area contributed by atoms with Crippen molar-refractivity contribution in [1.82, 2.24) is 24.6 Å². The van der Waals surface area contributed by atoms with Crippen molar-refractivity contribution < 1.29 is 13.5 Å². The summed E-state index contributed by atoms with van der Waals surface area (Å²) in [6.45, 7) is 2.57. The van der Waals surface area contributed by atoms with Crippen molar-refractivity contribution in [2.75, 3.05) is 12.3 Å². The second-order valence-electron chi connectivity index (χ2n) is 8.28. The van der Waals surface area contributed by atoms with Gasteiger partial charge < -0.3 is 15.4 Å². The van der Waals surface area contributed by atoms with Crippen molar-refractivity contribution in [2.24, 2.45) is 0 Å². The number of nitrogens with two attached hydrogens (primary N) is 1. The van der Waals surface area contributed by atoms with Gasteiger partial charge in [-0.25, -0.2) is 23.4 Å². The number of hydrogen-bond acceptors (Lipinski definition) is 7. The van der Waals surface area contributed by atoms with Crippen LogP contribution >= 0.6 is 0 Å². The minimum atomic E-state index is -0.785. The molecule has 0 spiro atoms. The van der Waals surface area contributed by atoms with Gasteiger partial charge in [-0.3, -0.25) is 0 Å². The van der Waals surface area contributed by atoms with Crippen LogP contribution < -0.4 is 10.5 Å². The van der Waals surface area contributed by atoms with E-state index in [0.29, 0.717) is 34.8 Å². The number of nitriles is 1. The standard InChI is InChI=1S/C24H21F2N7O/c1-14-2-6-17(11-32(14)12-27)33-24-21(23(28)29-13-30-24)22(31-33)15-3-7-18(8-4-15)34-20-9-5-16(25)10-19(20)26/h3-5,7-10,13-14,17H,2,6,11H2,1H3,(H2,28,29,30)/t14-,17+/m0/s1. The number of hydrogen-bond donors (Lipinski definition) is 1. The summed E-state index contributed by atoms with van der Waals surface area (Å²) in [5, 5.41) is 14.9. The van der Waals surface area contributed by atoms with E-state index in [0.717, 1.165) is 30.5 Å². The third-order valence-electron chi connectivity index (χ3n) is 6.10. The number of nitrogens with zero attached hydrogens (tertiary/aromatic N) is 6. The Hall–Kier alpha value is -4.26. The fourth-order valence-electron chi connectivity index (χ4n) is 4.24. The van der Waals surface area contributed by atoms with Gasteiger partial charge in [0.1, 0.15) is 29.4 Å². The summed E-state index contributed by atoms with van der Waals surface area (Å²) < 4.78 is 34.4. The molecule has 0 unspecified atom stereocenters. The number of benzene rings is 2. The largest absolute Gasteiger partial charge is 0.454 e. The van der Waals surface area contributed by atoms with Crippen LogP contribution in [0, 0.1) is 23.1 Å². The van der Waals surface area contributed by atoms with Gasteiger partial charge in [0.2, 0.25) is 0 Å². The topological polar surface area (TPSA) is 106 Å². The first-order valence-corrected chi connectivity index (χ1v) is 10.8. The summed E-state index contributed by atoms with van der Waals surface area (Å²) in [5.74, 6) is -0.843. The Bertz CT molecular complexity index is 1400. The van der Waals surface area contributed by atoms with Crippen LogP contribution in [-0.2, 0) is 0 Å². The van der Waals surface area contributed by atoms with E-state index in [-0.39, 0.29) is 17.8 Å². The molecule has 1 fully saturated rings. The molecule has 1 aliphatic heterocycles. The van der Waals surface area contributed by atoms with Crippen LogP contribution in [0.2, 0.25) is 0 Å². The van der Waals surface area contributed by atoms with Crippen LogP contribution in [-0.4, -0.2) is 37.2 Å². The lowest BCUT2D eigenvalue weighted by Crippen LogP contribution is -2.39. The predicted molar refractivity (Wildman–Crippen MR) is 122 cm³/mol. The molecule has 3 heterocycles. The van der Waals surface area contributed by atoms with E-state index in [4.69, 9.17) is 15.6 Å². The lowest BCUT2D eigenvalue weighted by Gasteiger charge is -2.34. The highest BCUT2D eigenvalue weighted by molar-refractivity contribution is 5.98. The number of halogens is 2. The molecule has 0 aliphatic carbocycles. The molecular formula is C24H21F2N7O. The molecular weight excluding hydrogens is 440 g/mol. The predicted octanol–water partition coefficient (Wildman–Crippen LogP) is 4.65. The highest BCUT2D eigenvalue weighted by Gasteiger charge is 2.29. The Morgan fingerprint density at radius 1 is 1.12 bits per heavy atom. The molecule has 2 aromatic heterocycles. The minimum absolute atomic E-state index is 0.0366. The lowest BCUT2D eigenvalue weighted by atomic mass is 10.0. The molecule has 8 nitrogen and oxygen atoms in total. The number of fused-ring (bicyclic) bond motifs is 1. The Labute approximate surface area is 194 Å². The Morgan fingerprint density at radius 2 is 1.91 bits per heavy atom. The molecule has 0 saturated carbocycles. The van der Waals surface area contributed by atoms with Crippen LogP contribution in [0.25, 0.3) is 22.3 Å². The monoisotopic (exact) mass is 461 g/mol. The third kappa shape index (κ3) is 3.85. The molecule has 0 radical (unpaired) electrons. The van der Waals surface area contributed by atoms with Crippen molar-refractivity contribution in [3.05, 3.63) is 60.4 Å². The second-order valence-corrected chi connectivity index (χ2v) is 8.28. The smallest absolute Gasteiger partial charge is 0.179 e. The number of aromatic nitrogens is 4. The highest BCUT2D eigenvalue weighted by atomic mass is 19.1. The van der Waals surface area contributed by atoms with Crippen LogP contribution in [0.5, 0.6) is 11.5 Å². The average Bonchev–Trinajstić information content (AvgIpc) is 3.23. The number of piperidine rings is 1. The highest BCUT2D eigenvalue weighted by Crippen LogP contribution is 2.35. The van der Waals surface area contributed by atoms with E-state index in [9.17, 15) is 14.0 Å². The molecule has 34 heavy (non-hydrogen) atoms. The van der Waals surface area contributed by atoms with Gasteiger partial charge in [-0.15, -0.1) is 0 Å². The summed E-state index contributed by atoms with van der Waals surface area (Å²) >= 11 is 0. The summed E-state index contributed by atoms with van der Waals surface area (Å²) in [5.41, 5.74) is 8.17. The maximum absolute atomic E-state index is 13.9. The number of nitrogen functional groups attached to an aromatic ring is 1. The van der Waals surface area contributed by atoms with Gasteiger partial charge in [-0.1, -0.05) is 0 Å². The molecule has 0 amide bonds. The molecule has 4 aromatic rings. The molecule has 5 rings (SSSR count). The Kier molecular flexibility index (Phi) is 5.45. The third-order valence-corrected chi connectivity index (χ3v) is 6.10. The Morgan fingerprint density at radius 3 is 2.65 bits per heavy atom. The minimum Gasteiger partial charge on any atom is -0.454 e. The van der Waals surface area contributed by atoms with Crippen molar-refractivity contribution in [3.63, 3.8) is 0 Å². The van der Waals surface area contributed by atoms with Gasteiger partial charge >= 0.3 is 0 Å². The van der Waals surface area contributed by atoms with Crippen molar-refractivity contribution >= 4 is 16.9 Å². The first-order valence-electron chi connectivity index (χ1n) is 10.8. The maximum atomic E-state index is 13.9. The van der Waals surface area contributed by atoms with Crippen LogP contribution in [0.15, 0.2) is 48.8 Å². The summed E-state index contributed by atoms with van der Waals surface area (Å²) in [7, 11) is 0. The summed E-state index contributed by atoms with van der Waals surface area (Å²) in [4.78, 5) is 10.3. The van der Waals surface area contributed by atoms with Gasteiger partial charge in [0, 0.05) is 17.7 Å². The van der Waals surface area contributed by atoms with Gasteiger partial charge in [0.05, 0.1) is 18.0 Å². The van der Waals surface area contributed by atoms with E-state index in [1.54, 1.807) is 29.2 Å². The molecule has 2 atom stereocenters. The molecule has 10 heteroatoms. The van der Waals surface area contributed by atoms with Crippen molar-refractivity contribution in [3.8, 4) is 28.9 Å². The van der Waals surface area contributed by atoms with E-state index >= 15 is 0 Å². The number of ether oxygens (including phenoxy) is 1. The summed E-state index contributed by atoms with van der Waals surface area (Å²) in [6, 6.07) is 10.2. The van der Waals surface area contributed by atoms with Crippen LogP contribution in [0.4, 0.5) is 14.6 Å². The van der Waals surface area contributed by atoms with Crippen LogP contribution in [0.1, 0.15) is 25.8 Å². The molecule has 1 saturated heterocycles. The van der Waals surface area contributed by atoms with Crippen LogP contribution in [0.3, 0.4) is 0 Å².